The van der Waals surface area contributed by atoms with Crippen molar-refractivity contribution in [3.8, 4) is 11.5 Å². The van der Waals surface area contributed by atoms with Gasteiger partial charge in [-0.05, 0) is 25.5 Å². The molecule has 0 aromatic heterocycles. The highest BCUT2D eigenvalue weighted by Crippen LogP contribution is 2.26. The average Bonchev–Trinajstić information content (AvgIpc) is 2.24. The van der Waals surface area contributed by atoms with Gasteiger partial charge in [-0.3, -0.25) is 0 Å². The Hall–Kier alpha value is -1.22. The molecule has 84 valence electrons. The number of para-hydroxylation sites is 2. The summed E-state index contributed by atoms with van der Waals surface area (Å²) in [7, 11) is 0. The summed E-state index contributed by atoms with van der Waals surface area (Å²) in [6, 6.07) is 7.70. The molecule has 0 saturated heterocycles. The Kier molecular flexibility index (Phi) is 4.98. The fourth-order valence-corrected chi connectivity index (χ4v) is 1.12. The van der Waals surface area contributed by atoms with Crippen molar-refractivity contribution < 1.29 is 9.47 Å². The predicted octanol–water partition coefficient (Wildman–Crippen LogP) is 2.20. The molecule has 0 aliphatic carbocycles. The van der Waals surface area contributed by atoms with Crippen molar-refractivity contribution in [2.24, 2.45) is 5.73 Å². The van der Waals surface area contributed by atoms with Gasteiger partial charge in [0.1, 0.15) is 6.61 Å². The number of hydrogen-bond acceptors (Lipinski definition) is 3. The SMILES string of the molecule is CCCOc1ccccc1OCC(C)N. The first-order valence-corrected chi connectivity index (χ1v) is 5.34. The molecular formula is C12H19NO2. The molecule has 3 heteroatoms. The molecule has 0 saturated carbocycles. The smallest absolute Gasteiger partial charge is 0.161 e. The van der Waals surface area contributed by atoms with Gasteiger partial charge in [-0.1, -0.05) is 19.1 Å². The molecule has 0 aliphatic rings. The van der Waals surface area contributed by atoms with E-state index in [0.717, 1.165) is 17.9 Å². The van der Waals surface area contributed by atoms with Crippen molar-refractivity contribution in [2.45, 2.75) is 26.3 Å². The molecular weight excluding hydrogens is 190 g/mol. The van der Waals surface area contributed by atoms with Crippen LogP contribution >= 0.6 is 0 Å². The van der Waals surface area contributed by atoms with E-state index in [9.17, 15) is 0 Å². The van der Waals surface area contributed by atoms with Gasteiger partial charge in [-0.2, -0.15) is 0 Å². The molecule has 0 aliphatic heterocycles. The summed E-state index contributed by atoms with van der Waals surface area (Å²) in [6.07, 6.45) is 0.988. The fourth-order valence-electron chi connectivity index (χ4n) is 1.12. The van der Waals surface area contributed by atoms with Gasteiger partial charge in [-0.25, -0.2) is 0 Å². The summed E-state index contributed by atoms with van der Waals surface area (Å²) in [5.74, 6) is 1.56. The Morgan fingerprint density at radius 3 is 2.33 bits per heavy atom. The number of hydrogen-bond donors (Lipinski definition) is 1. The van der Waals surface area contributed by atoms with Crippen molar-refractivity contribution in [1.82, 2.24) is 0 Å². The maximum Gasteiger partial charge on any atom is 0.161 e. The van der Waals surface area contributed by atoms with Crippen LogP contribution in [0, 0.1) is 0 Å². The molecule has 0 spiro atoms. The first kappa shape index (κ1) is 11.9. The Labute approximate surface area is 91.2 Å². The lowest BCUT2D eigenvalue weighted by Gasteiger charge is -2.13. The Bertz CT molecular complexity index is 287. The van der Waals surface area contributed by atoms with E-state index in [0.29, 0.717) is 13.2 Å². The zero-order valence-electron chi connectivity index (χ0n) is 9.40. The summed E-state index contributed by atoms with van der Waals surface area (Å²) in [5, 5.41) is 0. The minimum absolute atomic E-state index is 0.0317. The number of ether oxygens (including phenoxy) is 2. The maximum atomic E-state index is 5.62. The van der Waals surface area contributed by atoms with Crippen molar-refractivity contribution >= 4 is 0 Å². The normalized spacial score (nSPS) is 12.2. The Morgan fingerprint density at radius 2 is 1.80 bits per heavy atom. The highest BCUT2D eigenvalue weighted by molar-refractivity contribution is 5.39. The molecule has 1 aromatic rings. The number of nitrogens with two attached hydrogens (primary N) is 1. The molecule has 1 aromatic carbocycles. The first-order valence-electron chi connectivity index (χ1n) is 5.34. The maximum absolute atomic E-state index is 5.62. The zero-order chi connectivity index (χ0) is 11.1. The Balaban J connectivity index is 2.59. The third-order valence-electron chi connectivity index (χ3n) is 1.81. The first-order chi connectivity index (χ1) is 7.24. The molecule has 1 unspecified atom stereocenters. The van der Waals surface area contributed by atoms with Crippen LogP contribution in [0.2, 0.25) is 0 Å². The van der Waals surface area contributed by atoms with E-state index < -0.39 is 0 Å². The van der Waals surface area contributed by atoms with Crippen LogP contribution in [0.15, 0.2) is 24.3 Å². The van der Waals surface area contributed by atoms with Gasteiger partial charge in [0.2, 0.25) is 0 Å². The molecule has 1 rings (SSSR count). The second-order valence-electron chi connectivity index (χ2n) is 3.58. The lowest BCUT2D eigenvalue weighted by molar-refractivity contribution is 0.258. The lowest BCUT2D eigenvalue weighted by Crippen LogP contribution is -2.23. The van der Waals surface area contributed by atoms with Gasteiger partial charge < -0.3 is 15.2 Å². The monoisotopic (exact) mass is 209 g/mol. The predicted molar refractivity (Wildman–Crippen MR) is 61.4 cm³/mol. The lowest BCUT2D eigenvalue weighted by atomic mass is 10.3. The van der Waals surface area contributed by atoms with Crippen LogP contribution in [-0.2, 0) is 0 Å². The molecule has 0 radical (unpaired) electrons. The van der Waals surface area contributed by atoms with Crippen molar-refractivity contribution in [3.63, 3.8) is 0 Å². The third kappa shape index (κ3) is 4.21. The summed E-state index contributed by atoms with van der Waals surface area (Å²) in [5.41, 5.74) is 5.62. The van der Waals surface area contributed by atoms with E-state index >= 15 is 0 Å². The largest absolute Gasteiger partial charge is 0.490 e. The van der Waals surface area contributed by atoms with Crippen LogP contribution < -0.4 is 15.2 Å². The topological polar surface area (TPSA) is 44.5 Å². The number of benzene rings is 1. The highest BCUT2D eigenvalue weighted by Gasteiger charge is 2.04. The fraction of sp³-hybridized carbons (Fsp3) is 0.500. The summed E-state index contributed by atoms with van der Waals surface area (Å²) in [4.78, 5) is 0. The second kappa shape index (κ2) is 6.30. The van der Waals surface area contributed by atoms with Crippen LogP contribution in [-0.4, -0.2) is 19.3 Å². The molecule has 3 nitrogen and oxygen atoms in total. The molecule has 2 N–H and O–H groups in total. The van der Waals surface area contributed by atoms with Crippen LogP contribution in [0.25, 0.3) is 0 Å². The molecule has 0 amide bonds. The molecule has 0 heterocycles. The van der Waals surface area contributed by atoms with E-state index in [-0.39, 0.29) is 6.04 Å². The van der Waals surface area contributed by atoms with Crippen LogP contribution in [0.3, 0.4) is 0 Å². The quantitative estimate of drug-likeness (QED) is 0.781. The second-order valence-corrected chi connectivity index (χ2v) is 3.58. The van der Waals surface area contributed by atoms with Crippen LogP contribution in [0.4, 0.5) is 0 Å². The van der Waals surface area contributed by atoms with Gasteiger partial charge in [0.25, 0.3) is 0 Å². The van der Waals surface area contributed by atoms with Gasteiger partial charge in [0, 0.05) is 6.04 Å². The standard InChI is InChI=1S/C12H19NO2/c1-3-8-14-11-6-4-5-7-12(11)15-9-10(2)13/h4-7,10H,3,8-9,13H2,1-2H3. The minimum atomic E-state index is 0.0317. The summed E-state index contributed by atoms with van der Waals surface area (Å²) >= 11 is 0. The van der Waals surface area contributed by atoms with Gasteiger partial charge in [0.05, 0.1) is 6.61 Å². The molecule has 0 bridgehead atoms. The van der Waals surface area contributed by atoms with Crippen LogP contribution in [0.5, 0.6) is 11.5 Å². The van der Waals surface area contributed by atoms with Crippen molar-refractivity contribution in [1.29, 1.82) is 0 Å². The highest BCUT2D eigenvalue weighted by atomic mass is 16.5. The minimum Gasteiger partial charge on any atom is -0.490 e. The average molecular weight is 209 g/mol. The Morgan fingerprint density at radius 1 is 1.20 bits per heavy atom. The molecule has 15 heavy (non-hydrogen) atoms. The van der Waals surface area contributed by atoms with E-state index in [2.05, 4.69) is 6.92 Å². The number of rotatable bonds is 6. The van der Waals surface area contributed by atoms with E-state index in [1.54, 1.807) is 0 Å². The summed E-state index contributed by atoms with van der Waals surface area (Å²) in [6.45, 7) is 5.20. The zero-order valence-corrected chi connectivity index (χ0v) is 9.40. The van der Waals surface area contributed by atoms with Gasteiger partial charge in [0.15, 0.2) is 11.5 Å². The van der Waals surface area contributed by atoms with Gasteiger partial charge >= 0.3 is 0 Å². The molecule has 0 fully saturated rings. The van der Waals surface area contributed by atoms with Crippen LogP contribution in [0.1, 0.15) is 20.3 Å². The summed E-state index contributed by atoms with van der Waals surface area (Å²) < 4.78 is 11.1. The van der Waals surface area contributed by atoms with E-state index in [1.165, 1.54) is 0 Å². The molecule has 1 atom stereocenters. The van der Waals surface area contributed by atoms with E-state index in [4.69, 9.17) is 15.2 Å². The van der Waals surface area contributed by atoms with E-state index in [1.807, 2.05) is 31.2 Å². The van der Waals surface area contributed by atoms with Crippen molar-refractivity contribution in [3.05, 3.63) is 24.3 Å². The third-order valence-corrected chi connectivity index (χ3v) is 1.81. The van der Waals surface area contributed by atoms with Crippen molar-refractivity contribution in [2.75, 3.05) is 13.2 Å². The van der Waals surface area contributed by atoms with Gasteiger partial charge in [-0.15, -0.1) is 0 Å².